The molecule has 1 aromatic heterocycles. The molecule has 1 aliphatic carbocycles. The van der Waals surface area contributed by atoms with Crippen LogP contribution in [0.2, 0.25) is 0 Å². The van der Waals surface area contributed by atoms with E-state index in [1.165, 1.54) is 24.2 Å². The maximum absolute atomic E-state index is 13.2. The van der Waals surface area contributed by atoms with Gasteiger partial charge in [0.05, 0.1) is 5.56 Å². The number of fused-ring (bicyclic) bond motifs is 4. The summed E-state index contributed by atoms with van der Waals surface area (Å²) in [5.41, 5.74) is 2.61. The first-order valence-electron chi connectivity index (χ1n) is 9.16. The highest BCUT2D eigenvalue weighted by Gasteiger charge is 2.42. The van der Waals surface area contributed by atoms with Gasteiger partial charge in [0.1, 0.15) is 0 Å². The highest BCUT2D eigenvalue weighted by molar-refractivity contribution is 5.86. The molecule has 136 valence electrons. The van der Waals surface area contributed by atoms with E-state index in [2.05, 4.69) is 30.8 Å². The van der Waals surface area contributed by atoms with Crippen molar-refractivity contribution in [3.8, 4) is 0 Å². The lowest BCUT2D eigenvalue weighted by Crippen LogP contribution is -2.45. The molecule has 0 unspecified atom stereocenters. The van der Waals surface area contributed by atoms with Crippen LogP contribution in [-0.4, -0.2) is 30.0 Å². The lowest BCUT2D eigenvalue weighted by molar-refractivity contribution is -0.137. The van der Waals surface area contributed by atoms with E-state index in [0.717, 1.165) is 36.0 Å². The molecule has 1 saturated heterocycles. The maximum atomic E-state index is 13.2. The second-order valence-electron chi connectivity index (χ2n) is 8.22. The quantitative estimate of drug-likeness (QED) is 0.762. The van der Waals surface area contributed by atoms with Crippen LogP contribution in [0.5, 0.6) is 0 Å². The van der Waals surface area contributed by atoms with Crippen molar-refractivity contribution in [1.82, 2.24) is 9.88 Å². The molecule has 1 aliphatic heterocycles. The first kappa shape index (κ1) is 17.0. The first-order valence-corrected chi connectivity index (χ1v) is 9.16. The fraction of sp³-hybridized carbons (Fsp3) is 0.600. The van der Waals surface area contributed by atoms with Crippen LogP contribution < -0.4 is 0 Å². The van der Waals surface area contributed by atoms with Gasteiger partial charge in [-0.25, -0.2) is 0 Å². The molecule has 25 heavy (non-hydrogen) atoms. The number of piperidine rings is 1. The molecule has 2 nitrogen and oxygen atoms in total. The van der Waals surface area contributed by atoms with Crippen LogP contribution >= 0.6 is 0 Å². The largest absolute Gasteiger partial charge is 0.416 e. The van der Waals surface area contributed by atoms with Crippen molar-refractivity contribution >= 4 is 10.9 Å². The van der Waals surface area contributed by atoms with E-state index in [0.29, 0.717) is 23.7 Å². The minimum absolute atomic E-state index is 0.314. The molecule has 5 heteroatoms. The number of alkyl halides is 3. The Morgan fingerprint density at radius 2 is 2.00 bits per heavy atom. The molecule has 1 aromatic carbocycles. The molecule has 0 radical (unpaired) electrons. The molecule has 4 rings (SSSR count). The topological polar surface area (TPSA) is 19.0 Å². The summed E-state index contributed by atoms with van der Waals surface area (Å²) in [6.45, 7) is 6.56. The SMILES string of the molecule is CC(C)[C@@H]1c2c([nH]c3ccc(C(F)(F)F)cc23)C[C@@H]2CCN(C)C[C@H]21. The fourth-order valence-electron chi connectivity index (χ4n) is 5.15. The van der Waals surface area contributed by atoms with Crippen LogP contribution in [0.15, 0.2) is 18.2 Å². The third kappa shape index (κ3) is 2.77. The van der Waals surface area contributed by atoms with Gasteiger partial charge in [-0.1, -0.05) is 13.8 Å². The number of nitrogens with zero attached hydrogens (tertiary/aromatic N) is 1. The van der Waals surface area contributed by atoms with E-state index in [9.17, 15) is 13.2 Å². The van der Waals surface area contributed by atoms with Gasteiger partial charge in [-0.05, 0) is 73.9 Å². The molecule has 1 N–H and O–H groups in total. The number of nitrogens with one attached hydrogen (secondary N) is 1. The summed E-state index contributed by atoms with van der Waals surface area (Å²) in [7, 11) is 2.15. The van der Waals surface area contributed by atoms with Crippen molar-refractivity contribution < 1.29 is 13.2 Å². The van der Waals surface area contributed by atoms with Crippen molar-refractivity contribution in [3.63, 3.8) is 0 Å². The van der Waals surface area contributed by atoms with E-state index >= 15 is 0 Å². The third-order valence-electron chi connectivity index (χ3n) is 6.24. The Bertz CT molecular complexity index is 790. The lowest BCUT2D eigenvalue weighted by atomic mass is 9.64. The predicted octanol–water partition coefficient (Wildman–Crippen LogP) is 5.05. The van der Waals surface area contributed by atoms with Crippen molar-refractivity contribution in [2.24, 2.45) is 17.8 Å². The summed E-state index contributed by atoms with van der Waals surface area (Å²) in [5, 5.41) is 0.773. The van der Waals surface area contributed by atoms with Gasteiger partial charge >= 0.3 is 6.18 Å². The van der Waals surface area contributed by atoms with Gasteiger partial charge in [0, 0.05) is 23.1 Å². The van der Waals surface area contributed by atoms with Gasteiger partial charge in [-0.2, -0.15) is 13.2 Å². The molecule has 0 amide bonds. The highest BCUT2D eigenvalue weighted by atomic mass is 19.4. The zero-order valence-corrected chi connectivity index (χ0v) is 15.0. The normalized spacial score (nSPS) is 27.6. The van der Waals surface area contributed by atoms with Crippen LogP contribution in [0.1, 0.15) is 43.0 Å². The highest BCUT2D eigenvalue weighted by Crippen LogP contribution is 2.49. The van der Waals surface area contributed by atoms with Crippen molar-refractivity contribution in [1.29, 1.82) is 0 Å². The third-order valence-corrected chi connectivity index (χ3v) is 6.24. The molecular formula is C20H25F3N2. The fourth-order valence-corrected chi connectivity index (χ4v) is 5.15. The molecule has 0 saturated carbocycles. The molecule has 3 atom stereocenters. The van der Waals surface area contributed by atoms with Crippen LogP contribution in [0, 0.1) is 17.8 Å². The van der Waals surface area contributed by atoms with Crippen molar-refractivity contribution in [3.05, 3.63) is 35.0 Å². The van der Waals surface area contributed by atoms with E-state index in [1.807, 2.05) is 0 Å². The number of aromatic amines is 1. The minimum atomic E-state index is -4.30. The van der Waals surface area contributed by atoms with E-state index in [-0.39, 0.29) is 0 Å². The number of rotatable bonds is 1. The number of benzene rings is 1. The second kappa shape index (κ2) is 5.76. The van der Waals surface area contributed by atoms with Crippen LogP contribution in [0.3, 0.4) is 0 Å². The first-order chi connectivity index (χ1) is 11.8. The van der Waals surface area contributed by atoms with Gasteiger partial charge in [0.2, 0.25) is 0 Å². The number of aromatic nitrogens is 1. The van der Waals surface area contributed by atoms with Gasteiger partial charge in [-0.15, -0.1) is 0 Å². The number of hydrogen-bond acceptors (Lipinski definition) is 1. The summed E-state index contributed by atoms with van der Waals surface area (Å²) < 4.78 is 39.6. The number of H-pyrrole nitrogens is 1. The van der Waals surface area contributed by atoms with Crippen molar-refractivity contribution in [2.75, 3.05) is 20.1 Å². The Morgan fingerprint density at radius 3 is 2.68 bits per heavy atom. The van der Waals surface area contributed by atoms with Crippen LogP contribution in [0.25, 0.3) is 10.9 Å². The molecule has 1 fully saturated rings. The Kier molecular flexibility index (Phi) is 3.91. The van der Waals surface area contributed by atoms with E-state index < -0.39 is 11.7 Å². The van der Waals surface area contributed by atoms with Crippen LogP contribution in [0.4, 0.5) is 13.2 Å². The molecule has 2 aliphatic rings. The molecule has 0 spiro atoms. The zero-order valence-electron chi connectivity index (χ0n) is 15.0. The molecular weight excluding hydrogens is 325 g/mol. The second-order valence-corrected chi connectivity index (χ2v) is 8.22. The zero-order chi connectivity index (χ0) is 17.9. The van der Waals surface area contributed by atoms with Gasteiger partial charge < -0.3 is 9.88 Å². The summed E-state index contributed by atoms with van der Waals surface area (Å²) in [4.78, 5) is 5.82. The van der Waals surface area contributed by atoms with Gasteiger partial charge in [-0.3, -0.25) is 0 Å². The summed E-state index contributed by atoms with van der Waals surface area (Å²) >= 11 is 0. The molecule has 2 aromatic rings. The summed E-state index contributed by atoms with van der Waals surface area (Å²) in [6, 6.07) is 4.14. The Labute approximate surface area is 146 Å². The minimum Gasteiger partial charge on any atom is -0.358 e. The lowest BCUT2D eigenvalue weighted by Gasteiger charge is -2.46. The number of likely N-dealkylation sites (tertiary alicyclic amines) is 1. The summed E-state index contributed by atoms with van der Waals surface area (Å²) in [5.74, 6) is 1.88. The molecule has 2 heterocycles. The van der Waals surface area contributed by atoms with Crippen molar-refractivity contribution in [2.45, 2.75) is 38.8 Å². The number of hydrogen-bond donors (Lipinski definition) is 1. The number of halogens is 3. The predicted molar refractivity (Wildman–Crippen MR) is 93.7 cm³/mol. The Balaban J connectivity index is 1.88. The molecule has 0 bridgehead atoms. The Morgan fingerprint density at radius 1 is 1.24 bits per heavy atom. The van der Waals surface area contributed by atoms with E-state index in [4.69, 9.17) is 0 Å². The maximum Gasteiger partial charge on any atom is 0.416 e. The summed E-state index contributed by atoms with van der Waals surface area (Å²) in [6.07, 6.45) is -2.16. The van der Waals surface area contributed by atoms with E-state index in [1.54, 1.807) is 6.07 Å². The Hall–Kier alpha value is -1.49. The van der Waals surface area contributed by atoms with Crippen LogP contribution in [-0.2, 0) is 12.6 Å². The smallest absolute Gasteiger partial charge is 0.358 e. The monoisotopic (exact) mass is 350 g/mol. The van der Waals surface area contributed by atoms with Gasteiger partial charge in [0.25, 0.3) is 0 Å². The average Bonchev–Trinajstić information content (AvgIpc) is 2.88. The standard InChI is InChI=1S/C20H25F3N2/c1-11(2)18-15-10-25(3)7-6-12(15)8-17-19(18)14-9-13(20(21,22)23)4-5-16(14)24-17/h4-5,9,11-12,15,18,24H,6-8,10H2,1-3H3/t12-,15+,18-/m0/s1. The average molecular weight is 350 g/mol. The van der Waals surface area contributed by atoms with Gasteiger partial charge in [0.15, 0.2) is 0 Å².